The highest BCUT2D eigenvalue weighted by Crippen LogP contribution is 2.24. The summed E-state index contributed by atoms with van der Waals surface area (Å²) in [6, 6.07) is 0. The molecule has 1 atom stereocenters. The minimum Gasteiger partial charge on any atom is -0.470 e. The van der Waals surface area contributed by atoms with Crippen LogP contribution < -0.4 is 15.0 Å². The fraction of sp³-hybridized carbons (Fsp3) is 0.571. The molecule has 1 aliphatic rings. The van der Waals surface area contributed by atoms with Gasteiger partial charge in [-0.15, -0.1) is 0 Å². The van der Waals surface area contributed by atoms with Gasteiger partial charge >= 0.3 is 0 Å². The van der Waals surface area contributed by atoms with E-state index in [2.05, 4.69) is 15.3 Å². The maximum atomic E-state index is 11.9. The van der Waals surface area contributed by atoms with Gasteiger partial charge in [0.2, 0.25) is 11.8 Å². The lowest BCUT2D eigenvalue weighted by molar-refractivity contribution is -0.131. The quantitative estimate of drug-likeness (QED) is 0.800. The van der Waals surface area contributed by atoms with Crippen LogP contribution in [0.5, 0.6) is 5.88 Å². The fourth-order valence-electron chi connectivity index (χ4n) is 2.23. The molecule has 1 aromatic rings. The largest absolute Gasteiger partial charge is 0.470 e. The summed E-state index contributed by atoms with van der Waals surface area (Å²) in [5.74, 6) is 0.808. The van der Waals surface area contributed by atoms with Crippen LogP contribution in [0.2, 0.25) is 0 Å². The molecule has 22 heavy (non-hydrogen) atoms. The lowest BCUT2D eigenvalue weighted by Crippen LogP contribution is -2.39. The molecule has 8 heteroatoms. The summed E-state index contributed by atoms with van der Waals surface area (Å²) in [7, 11) is 3.74. The lowest BCUT2D eigenvalue weighted by atomic mass is 10.3. The fourth-order valence-corrected chi connectivity index (χ4v) is 2.23. The van der Waals surface area contributed by atoms with Crippen LogP contribution in [-0.2, 0) is 9.59 Å². The SMILES string of the molecule is CC(=O)NCC(=O)N1CCC(Oc2nccnc2N(C)C)C1. The van der Waals surface area contributed by atoms with Crippen LogP contribution in [0, 0.1) is 0 Å². The number of hydrogen-bond donors (Lipinski definition) is 1. The zero-order chi connectivity index (χ0) is 16.1. The van der Waals surface area contributed by atoms with Gasteiger partial charge < -0.3 is 19.9 Å². The monoisotopic (exact) mass is 307 g/mol. The maximum absolute atomic E-state index is 11.9. The van der Waals surface area contributed by atoms with Crippen molar-refractivity contribution < 1.29 is 14.3 Å². The Balaban J connectivity index is 1.91. The van der Waals surface area contributed by atoms with Gasteiger partial charge in [0.15, 0.2) is 5.82 Å². The third-order valence-electron chi connectivity index (χ3n) is 3.33. The molecule has 2 heterocycles. The van der Waals surface area contributed by atoms with Crippen molar-refractivity contribution in [3.63, 3.8) is 0 Å². The first-order chi connectivity index (χ1) is 10.5. The predicted octanol–water partition coefficient (Wildman–Crippen LogP) is -0.342. The van der Waals surface area contributed by atoms with Crippen molar-refractivity contribution in [1.82, 2.24) is 20.2 Å². The Bertz CT molecular complexity index is 549. The number of rotatable bonds is 5. The number of anilines is 1. The maximum Gasteiger partial charge on any atom is 0.257 e. The molecular weight excluding hydrogens is 286 g/mol. The van der Waals surface area contributed by atoms with Crippen LogP contribution in [-0.4, -0.2) is 66.5 Å². The molecule has 1 N–H and O–H groups in total. The van der Waals surface area contributed by atoms with Gasteiger partial charge in [0.1, 0.15) is 6.10 Å². The van der Waals surface area contributed by atoms with Gasteiger partial charge in [0, 0.05) is 46.4 Å². The average molecular weight is 307 g/mol. The number of carbonyl (C=O) groups is 2. The molecule has 0 aromatic carbocycles. The number of carbonyl (C=O) groups excluding carboxylic acids is 2. The summed E-state index contributed by atoms with van der Waals surface area (Å²) >= 11 is 0. The summed E-state index contributed by atoms with van der Waals surface area (Å²) in [5.41, 5.74) is 0. The predicted molar refractivity (Wildman–Crippen MR) is 80.7 cm³/mol. The molecule has 1 unspecified atom stereocenters. The van der Waals surface area contributed by atoms with E-state index in [-0.39, 0.29) is 24.5 Å². The van der Waals surface area contributed by atoms with E-state index in [0.29, 0.717) is 24.8 Å². The van der Waals surface area contributed by atoms with Gasteiger partial charge in [-0.2, -0.15) is 0 Å². The standard InChI is InChI=1S/C14H21N5O3/c1-10(20)17-8-12(21)19-7-4-11(9-19)22-14-13(18(2)3)15-5-6-16-14/h5-6,11H,4,7-9H2,1-3H3,(H,17,20). The van der Waals surface area contributed by atoms with Crippen molar-refractivity contribution in [2.24, 2.45) is 0 Å². The van der Waals surface area contributed by atoms with Gasteiger partial charge in [-0.05, 0) is 0 Å². The van der Waals surface area contributed by atoms with Crippen molar-refractivity contribution >= 4 is 17.6 Å². The molecule has 1 aromatic heterocycles. The molecule has 0 saturated carbocycles. The van der Waals surface area contributed by atoms with Gasteiger partial charge in [-0.1, -0.05) is 0 Å². The summed E-state index contributed by atoms with van der Waals surface area (Å²) in [5, 5.41) is 2.51. The first-order valence-corrected chi connectivity index (χ1v) is 7.14. The molecule has 0 aliphatic carbocycles. The highest BCUT2D eigenvalue weighted by atomic mass is 16.5. The Morgan fingerprint density at radius 1 is 1.41 bits per heavy atom. The van der Waals surface area contributed by atoms with Crippen molar-refractivity contribution in [3.05, 3.63) is 12.4 Å². The van der Waals surface area contributed by atoms with E-state index < -0.39 is 0 Å². The van der Waals surface area contributed by atoms with Crippen LogP contribution in [0.25, 0.3) is 0 Å². The lowest BCUT2D eigenvalue weighted by Gasteiger charge is -2.19. The number of nitrogens with zero attached hydrogens (tertiary/aromatic N) is 4. The van der Waals surface area contributed by atoms with Gasteiger partial charge in [-0.3, -0.25) is 9.59 Å². The molecular formula is C14H21N5O3. The number of aromatic nitrogens is 2. The smallest absolute Gasteiger partial charge is 0.257 e. The summed E-state index contributed by atoms with van der Waals surface area (Å²) in [6.45, 7) is 2.51. The first-order valence-electron chi connectivity index (χ1n) is 7.14. The molecule has 1 saturated heterocycles. The highest BCUT2D eigenvalue weighted by Gasteiger charge is 2.28. The third-order valence-corrected chi connectivity index (χ3v) is 3.33. The molecule has 0 bridgehead atoms. The molecule has 0 spiro atoms. The van der Waals surface area contributed by atoms with Crippen LogP contribution in [0.15, 0.2) is 12.4 Å². The van der Waals surface area contributed by atoms with Gasteiger partial charge in [-0.25, -0.2) is 9.97 Å². The van der Waals surface area contributed by atoms with Crippen molar-refractivity contribution in [2.75, 3.05) is 38.6 Å². The zero-order valence-electron chi connectivity index (χ0n) is 13.1. The van der Waals surface area contributed by atoms with Gasteiger partial charge in [0.05, 0.1) is 13.1 Å². The number of likely N-dealkylation sites (tertiary alicyclic amines) is 1. The minimum absolute atomic E-state index is 0.0240. The summed E-state index contributed by atoms with van der Waals surface area (Å²) < 4.78 is 5.88. The minimum atomic E-state index is -0.212. The second-order valence-corrected chi connectivity index (χ2v) is 5.36. The molecule has 2 amide bonds. The number of nitrogens with one attached hydrogen (secondary N) is 1. The topological polar surface area (TPSA) is 87.7 Å². The van der Waals surface area contributed by atoms with E-state index >= 15 is 0 Å². The average Bonchev–Trinajstić information content (AvgIpc) is 2.93. The summed E-state index contributed by atoms with van der Waals surface area (Å²) in [4.78, 5) is 34.7. The molecule has 1 aliphatic heterocycles. The molecule has 2 rings (SSSR count). The van der Waals surface area contributed by atoms with E-state index in [0.717, 1.165) is 6.42 Å². The second-order valence-electron chi connectivity index (χ2n) is 5.36. The van der Waals surface area contributed by atoms with Crippen LogP contribution in [0.1, 0.15) is 13.3 Å². The van der Waals surface area contributed by atoms with Crippen LogP contribution in [0.3, 0.4) is 0 Å². The molecule has 8 nitrogen and oxygen atoms in total. The van der Waals surface area contributed by atoms with E-state index in [4.69, 9.17) is 4.74 Å². The van der Waals surface area contributed by atoms with E-state index in [9.17, 15) is 9.59 Å². The van der Waals surface area contributed by atoms with E-state index in [1.165, 1.54) is 6.92 Å². The highest BCUT2D eigenvalue weighted by molar-refractivity contribution is 5.83. The Kier molecular flexibility index (Phi) is 5.13. The van der Waals surface area contributed by atoms with Crippen LogP contribution in [0.4, 0.5) is 5.82 Å². The number of ether oxygens (including phenoxy) is 1. The Labute approximate surface area is 129 Å². The van der Waals surface area contributed by atoms with E-state index in [1.54, 1.807) is 17.3 Å². The Morgan fingerprint density at radius 3 is 2.82 bits per heavy atom. The summed E-state index contributed by atoms with van der Waals surface area (Å²) in [6.07, 6.45) is 3.81. The molecule has 0 radical (unpaired) electrons. The van der Waals surface area contributed by atoms with Crippen molar-refractivity contribution in [1.29, 1.82) is 0 Å². The Hall–Kier alpha value is -2.38. The number of amides is 2. The normalized spacial score (nSPS) is 17.2. The second kappa shape index (κ2) is 7.06. The zero-order valence-corrected chi connectivity index (χ0v) is 13.1. The van der Waals surface area contributed by atoms with E-state index in [1.807, 2.05) is 19.0 Å². The van der Waals surface area contributed by atoms with Crippen LogP contribution >= 0.6 is 0 Å². The first kappa shape index (κ1) is 16.0. The molecule has 1 fully saturated rings. The molecule has 120 valence electrons. The van der Waals surface area contributed by atoms with Crippen molar-refractivity contribution in [2.45, 2.75) is 19.4 Å². The van der Waals surface area contributed by atoms with Crippen molar-refractivity contribution in [3.8, 4) is 5.88 Å². The number of hydrogen-bond acceptors (Lipinski definition) is 6. The third kappa shape index (κ3) is 4.06. The Morgan fingerprint density at radius 2 is 2.14 bits per heavy atom. The van der Waals surface area contributed by atoms with Gasteiger partial charge in [0.25, 0.3) is 5.88 Å².